The Morgan fingerprint density at radius 3 is 1.69 bits per heavy atom. The molecule has 0 spiro atoms. The summed E-state index contributed by atoms with van der Waals surface area (Å²) in [6.45, 7) is 2.27. The highest BCUT2D eigenvalue weighted by Crippen LogP contribution is 2.13. The van der Waals surface area contributed by atoms with Crippen molar-refractivity contribution >= 4 is 36.4 Å². The van der Waals surface area contributed by atoms with Crippen LogP contribution in [-0.4, -0.2) is 64.9 Å². The molecular formula is C26H49N3O6S. The minimum atomic E-state index is -1.19. The van der Waals surface area contributed by atoms with Gasteiger partial charge < -0.3 is 26.2 Å². The molecule has 2 atom stereocenters. The van der Waals surface area contributed by atoms with E-state index >= 15 is 0 Å². The highest BCUT2D eigenvalue weighted by Gasteiger charge is 2.22. The van der Waals surface area contributed by atoms with Gasteiger partial charge in [-0.3, -0.25) is 19.2 Å². The first kappa shape index (κ1) is 34.2. The van der Waals surface area contributed by atoms with E-state index in [-0.39, 0.29) is 18.6 Å². The van der Waals surface area contributed by atoms with Crippen molar-refractivity contribution in [3.8, 4) is 0 Å². The molecule has 0 heterocycles. The fraction of sp³-hybridized carbons (Fsp3) is 0.846. The molecule has 0 aromatic carbocycles. The number of carbonyl (C=O) groups is 4. The SMILES string of the molecule is CCCCCCCCCCCCCCCCNC(CCC(=O)NC(CS)C(=O)NCC(=O)O)C(=O)O. The molecule has 210 valence electrons. The second-order valence-corrected chi connectivity index (χ2v) is 9.76. The Balaban J connectivity index is 3.86. The maximum absolute atomic E-state index is 12.1. The molecule has 0 radical (unpaired) electrons. The number of amides is 2. The summed E-state index contributed by atoms with van der Waals surface area (Å²) in [5, 5.41) is 25.7. The van der Waals surface area contributed by atoms with E-state index in [0.717, 1.165) is 19.3 Å². The molecule has 10 heteroatoms. The van der Waals surface area contributed by atoms with Crippen molar-refractivity contribution in [2.24, 2.45) is 0 Å². The summed E-state index contributed by atoms with van der Waals surface area (Å²) in [7, 11) is 0. The third kappa shape index (κ3) is 20.4. The van der Waals surface area contributed by atoms with Crippen molar-refractivity contribution in [3.05, 3.63) is 0 Å². The van der Waals surface area contributed by atoms with Crippen LogP contribution in [0, 0.1) is 0 Å². The Morgan fingerprint density at radius 1 is 0.750 bits per heavy atom. The normalized spacial score (nSPS) is 12.6. The lowest BCUT2D eigenvalue weighted by Gasteiger charge is -2.17. The molecule has 0 fully saturated rings. The third-order valence-corrected chi connectivity index (χ3v) is 6.49. The third-order valence-electron chi connectivity index (χ3n) is 6.13. The minimum Gasteiger partial charge on any atom is -0.480 e. The molecule has 0 aliphatic rings. The number of nitrogens with one attached hydrogen (secondary N) is 3. The summed E-state index contributed by atoms with van der Waals surface area (Å²) in [6, 6.07) is -1.82. The lowest BCUT2D eigenvalue weighted by Crippen LogP contribution is -2.49. The second-order valence-electron chi connectivity index (χ2n) is 9.39. The molecule has 0 bridgehead atoms. The number of carboxylic acid groups (broad SMARTS) is 2. The Morgan fingerprint density at radius 2 is 1.25 bits per heavy atom. The van der Waals surface area contributed by atoms with Gasteiger partial charge in [-0.1, -0.05) is 90.4 Å². The molecule has 0 aliphatic heterocycles. The van der Waals surface area contributed by atoms with Crippen LogP contribution in [0.25, 0.3) is 0 Å². The van der Waals surface area contributed by atoms with Crippen LogP contribution in [0.4, 0.5) is 0 Å². The van der Waals surface area contributed by atoms with Crippen LogP contribution < -0.4 is 16.0 Å². The van der Waals surface area contributed by atoms with Gasteiger partial charge in [0.15, 0.2) is 0 Å². The number of unbranched alkanes of at least 4 members (excludes halogenated alkanes) is 13. The van der Waals surface area contributed by atoms with Crippen LogP contribution in [0.15, 0.2) is 0 Å². The number of hydrogen-bond acceptors (Lipinski definition) is 6. The van der Waals surface area contributed by atoms with Gasteiger partial charge in [-0.2, -0.15) is 12.6 Å². The van der Waals surface area contributed by atoms with Crippen molar-refractivity contribution in [1.82, 2.24) is 16.0 Å². The van der Waals surface area contributed by atoms with Crippen molar-refractivity contribution in [2.75, 3.05) is 18.8 Å². The van der Waals surface area contributed by atoms with E-state index in [9.17, 15) is 24.3 Å². The average Bonchev–Trinajstić information content (AvgIpc) is 2.84. The lowest BCUT2D eigenvalue weighted by molar-refractivity contribution is -0.140. The van der Waals surface area contributed by atoms with Gasteiger partial charge in [0.25, 0.3) is 0 Å². The fourth-order valence-electron chi connectivity index (χ4n) is 3.93. The van der Waals surface area contributed by atoms with E-state index in [0.29, 0.717) is 6.54 Å². The van der Waals surface area contributed by atoms with Crippen molar-refractivity contribution < 1.29 is 29.4 Å². The zero-order chi connectivity index (χ0) is 27.0. The maximum Gasteiger partial charge on any atom is 0.322 e. The maximum atomic E-state index is 12.1. The number of rotatable bonds is 25. The molecule has 0 saturated carbocycles. The molecule has 2 unspecified atom stereocenters. The van der Waals surface area contributed by atoms with Crippen molar-refractivity contribution in [3.63, 3.8) is 0 Å². The number of aliphatic carboxylic acids is 2. The quantitative estimate of drug-likeness (QED) is 0.0774. The molecule has 36 heavy (non-hydrogen) atoms. The first-order chi connectivity index (χ1) is 17.3. The van der Waals surface area contributed by atoms with E-state index in [1.807, 2.05) is 0 Å². The minimum absolute atomic E-state index is 0.00305. The van der Waals surface area contributed by atoms with E-state index in [1.54, 1.807) is 0 Å². The highest BCUT2D eigenvalue weighted by molar-refractivity contribution is 7.80. The van der Waals surface area contributed by atoms with Crippen LogP contribution in [0.3, 0.4) is 0 Å². The zero-order valence-electron chi connectivity index (χ0n) is 22.1. The molecule has 2 amide bonds. The van der Waals surface area contributed by atoms with Crippen molar-refractivity contribution in [2.45, 2.75) is 122 Å². The number of thiol groups is 1. The van der Waals surface area contributed by atoms with E-state index in [4.69, 9.17) is 5.11 Å². The van der Waals surface area contributed by atoms with Crippen LogP contribution in [0.5, 0.6) is 0 Å². The van der Waals surface area contributed by atoms with Crippen LogP contribution >= 0.6 is 12.6 Å². The van der Waals surface area contributed by atoms with Gasteiger partial charge in [0.1, 0.15) is 18.6 Å². The van der Waals surface area contributed by atoms with Gasteiger partial charge >= 0.3 is 11.9 Å². The van der Waals surface area contributed by atoms with E-state index < -0.39 is 42.4 Å². The van der Waals surface area contributed by atoms with Crippen LogP contribution in [-0.2, 0) is 19.2 Å². The summed E-state index contributed by atoms with van der Waals surface area (Å²) < 4.78 is 0. The molecule has 0 aromatic rings. The smallest absolute Gasteiger partial charge is 0.322 e. The monoisotopic (exact) mass is 531 g/mol. The van der Waals surface area contributed by atoms with Gasteiger partial charge in [-0.05, 0) is 19.4 Å². The van der Waals surface area contributed by atoms with E-state index in [1.165, 1.54) is 70.6 Å². The van der Waals surface area contributed by atoms with Crippen LogP contribution in [0.1, 0.15) is 110 Å². The van der Waals surface area contributed by atoms with Crippen LogP contribution in [0.2, 0.25) is 0 Å². The Hall–Kier alpha value is -1.81. The molecular weight excluding hydrogens is 482 g/mol. The molecule has 0 saturated heterocycles. The summed E-state index contributed by atoms with van der Waals surface area (Å²) in [4.78, 5) is 46.1. The standard InChI is InChI=1S/C26H49N3O6S/c1-2-3-4-5-6-7-8-9-10-11-12-13-14-15-18-27-21(26(34)35)16-17-23(30)29-22(20-36)25(33)28-19-24(31)32/h21-22,27,36H,2-20H2,1H3,(H,28,33)(H,29,30)(H,31,32)(H,34,35). The highest BCUT2D eigenvalue weighted by atomic mass is 32.1. The summed E-state index contributed by atoms with van der Waals surface area (Å²) >= 11 is 4.01. The number of carboxylic acids is 2. The van der Waals surface area contributed by atoms with Gasteiger partial charge in [0.05, 0.1) is 0 Å². The van der Waals surface area contributed by atoms with E-state index in [2.05, 4.69) is 35.5 Å². The zero-order valence-corrected chi connectivity index (χ0v) is 23.0. The Kier molecular flexibility index (Phi) is 22.4. The predicted octanol–water partition coefficient (Wildman–Crippen LogP) is 3.91. The molecule has 9 nitrogen and oxygen atoms in total. The fourth-order valence-corrected chi connectivity index (χ4v) is 4.19. The summed E-state index contributed by atoms with van der Waals surface area (Å²) in [5.74, 6) is -3.34. The number of hydrogen-bond donors (Lipinski definition) is 6. The molecule has 0 rings (SSSR count). The first-order valence-corrected chi connectivity index (χ1v) is 14.3. The van der Waals surface area contributed by atoms with Gasteiger partial charge in [0.2, 0.25) is 11.8 Å². The molecule has 5 N–H and O–H groups in total. The predicted molar refractivity (Wildman–Crippen MR) is 145 cm³/mol. The molecule has 0 aliphatic carbocycles. The largest absolute Gasteiger partial charge is 0.480 e. The Bertz CT molecular complexity index is 620. The molecule has 0 aromatic heterocycles. The van der Waals surface area contributed by atoms with Crippen molar-refractivity contribution in [1.29, 1.82) is 0 Å². The summed E-state index contributed by atoms with van der Waals surface area (Å²) in [5.41, 5.74) is 0. The lowest BCUT2D eigenvalue weighted by atomic mass is 10.0. The number of carbonyl (C=O) groups excluding carboxylic acids is 2. The second kappa shape index (κ2) is 23.6. The summed E-state index contributed by atoms with van der Waals surface area (Å²) in [6.07, 6.45) is 17.7. The Labute approximate surface area is 222 Å². The first-order valence-electron chi connectivity index (χ1n) is 13.7. The average molecular weight is 532 g/mol. The van der Waals surface area contributed by atoms with Gasteiger partial charge in [-0.25, -0.2) is 0 Å². The topological polar surface area (TPSA) is 145 Å². The van der Waals surface area contributed by atoms with Gasteiger partial charge in [0, 0.05) is 12.2 Å². The van der Waals surface area contributed by atoms with Gasteiger partial charge in [-0.15, -0.1) is 0 Å².